The molecule has 0 saturated heterocycles. The number of rotatable bonds is 5. The van der Waals surface area contributed by atoms with Gasteiger partial charge in [-0.05, 0) is 50.8 Å². The number of pyridine rings is 2. The van der Waals surface area contributed by atoms with Crippen LogP contribution in [-0.4, -0.2) is 45.1 Å². The number of nitrogens with one attached hydrogen (secondary N) is 1. The van der Waals surface area contributed by atoms with Crippen LogP contribution in [0.3, 0.4) is 0 Å². The predicted octanol–water partition coefficient (Wildman–Crippen LogP) is 1.74. The first-order valence-corrected chi connectivity index (χ1v) is 7.29. The van der Waals surface area contributed by atoms with Crippen molar-refractivity contribution in [1.29, 1.82) is 0 Å². The largest absolute Gasteiger partial charge is 0.327 e. The van der Waals surface area contributed by atoms with E-state index >= 15 is 0 Å². The summed E-state index contributed by atoms with van der Waals surface area (Å²) in [6.07, 6.45) is 6.20. The Kier molecular flexibility index (Phi) is 4.02. The van der Waals surface area contributed by atoms with Gasteiger partial charge < -0.3 is 9.88 Å². The number of nitrogens with zero attached hydrogens (tertiary/aromatic N) is 4. The highest BCUT2D eigenvalue weighted by Crippen LogP contribution is 2.20. The average Bonchev–Trinajstić information content (AvgIpc) is 2.83. The summed E-state index contributed by atoms with van der Waals surface area (Å²) in [7, 11) is 4.05. The zero-order chi connectivity index (χ0) is 15.5. The molecule has 0 bridgehead atoms. The second-order valence-corrected chi connectivity index (χ2v) is 5.57. The molecule has 0 spiro atoms. The fourth-order valence-electron chi connectivity index (χ4n) is 2.50. The smallest absolute Gasteiger partial charge is 0.309 e. The van der Waals surface area contributed by atoms with Crippen LogP contribution in [-0.2, 0) is 6.54 Å². The molecule has 0 unspecified atom stereocenters. The SMILES string of the molecule is CN(C)CCCn1c(=O)[nH]c2cc(-c3ccncc3)cnc21. The Balaban J connectivity index is 1.93. The molecule has 3 aromatic rings. The van der Waals surface area contributed by atoms with E-state index in [0.717, 1.165) is 29.6 Å². The molecule has 3 aromatic heterocycles. The minimum absolute atomic E-state index is 0.104. The van der Waals surface area contributed by atoms with Crippen LogP contribution < -0.4 is 5.69 Å². The molecule has 0 fully saturated rings. The molecule has 0 aliphatic rings. The number of aromatic amines is 1. The molecule has 0 aromatic carbocycles. The summed E-state index contributed by atoms with van der Waals surface area (Å²) in [6, 6.07) is 5.81. The first-order valence-electron chi connectivity index (χ1n) is 7.29. The Hall–Kier alpha value is -2.47. The van der Waals surface area contributed by atoms with Crippen LogP contribution in [0.1, 0.15) is 6.42 Å². The van der Waals surface area contributed by atoms with E-state index in [4.69, 9.17) is 0 Å². The highest BCUT2D eigenvalue weighted by Gasteiger charge is 2.09. The normalized spacial score (nSPS) is 11.4. The lowest BCUT2D eigenvalue weighted by molar-refractivity contribution is 0.386. The highest BCUT2D eigenvalue weighted by molar-refractivity contribution is 5.77. The molecule has 0 radical (unpaired) electrons. The van der Waals surface area contributed by atoms with Crippen molar-refractivity contribution in [3.8, 4) is 11.1 Å². The van der Waals surface area contributed by atoms with Gasteiger partial charge in [-0.2, -0.15) is 0 Å². The molecule has 0 aliphatic carbocycles. The monoisotopic (exact) mass is 297 g/mol. The maximum Gasteiger partial charge on any atom is 0.327 e. The van der Waals surface area contributed by atoms with Crippen LogP contribution in [0.2, 0.25) is 0 Å². The second kappa shape index (κ2) is 6.11. The number of aromatic nitrogens is 4. The Bertz CT molecular complexity index is 819. The molecule has 114 valence electrons. The highest BCUT2D eigenvalue weighted by atomic mass is 16.1. The first kappa shape index (κ1) is 14.5. The van der Waals surface area contributed by atoms with E-state index in [9.17, 15) is 4.79 Å². The van der Waals surface area contributed by atoms with Crippen molar-refractivity contribution in [2.45, 2.75) is 13.0 Å². The Morgan fingerprint density at radius 2 is 2.00 bits per heavy atom. The van der Waals surface area contributed by atoms with Crippen molar-refractivity contribution in [3.63, 3.8) is 0 Å². The van der Waals surface area contributed by atoms with Gasteiger partial charge in [-0.1, -0.05) is 0 Å². The molecule has 0 amide bonds. The number of fused-ring (bicyclic) bond motifs is 1. The van der Waals surface area contributed by atoms with E-state index in [-0.39, 0.29) is 5.69 Å². The van der Waals surface area contributed by atoms with Gasteiger partial charge in [-0.3, -0.25) is 9.55 Å². The van der Waals surface area contributed by atoms with Gasteiger partial charge >= 0.3 is 5.69 Å². The lowest BCUT2D eigenvalue weighted by atomic mass is 10.1. The Morgan fingerprint density at radius 1 is 1.23 bits per heavy atom. The fraction of sp³-hybridized carbons (Fsp3) is 0.312. The predicted molar refractivity (Wildman–Crippen MR) is 86.8 cm³/mol. The number of hydrogen-bond donors (Lipinski definition) is 1. The molecule has 3 heterocycles. The van der Waals surface area contributed by atoms with Crippen molar-refractivity contribution in [1.82, 2.24) is 24.4 Å². The van der Waals surface area contributed by atoms with Gasteiger partial charge in [0.15, 0.2) is 5.65 Å². The van der Waals surface area contributed by atoms with E-state index in [1.54, 1.807) is 23.2 Å². The third-order valence-corrected chi connectivity index (χ3v) is 3.61. The number of aryl methyl sites for hydroxylation is 1. The van der Waals surface area contributed by atoms with Crippen LogP contribution in [0, 0.1) is 0 Å². The third kappa shape index (κ3) is 2.92. The maximum atomic E-state index is 12.1. The molecule has 0 aliphatic heterocycles. The van der Waals surface area contributed by atoms with Crippen molar-refractivity contribution in [2.75, 3.05) is 20.6 Å². The molecule has 1 N–H and O–H groups in total. The Morgan fingerprint density at radius 3 is 2.73 bits per heavy atom. The quantitative estimate of drug-likeness (QED) is 0.779. The zero-order valence-corrected chi connectivity index (χ0v) is 12.8. The van der Waals surface area contributed by atoms with Gasteiger partial charge in [0.2, 0.25) is 0 Å². The molecule has 6 heteroatoms. The molecular formula is C16H19N5O. The summed E-state index contributed by atoms with van der Waals surface area (Å²) >= 11 is 0. The minimum atomic E-state index is -0.104. The van der Waals surface area contributed by atoms with Gasteiger partial charge in [0, 0.05) is 30.7 Å². The summed E-state index contributed by atoms with van der Waals surface area (Å²) in [5.41, 5.74) is 3.38. The van der Waals surface area contributed by atoms with Crippen LogP contribution in [0.4, 0.5) is 0 Å². The van der Waals surface area contributed by atoms with E-state index in [1.807, 2.05) is 32.3 Å². The van der Waals surface area contributed by atoms with Crippen molar-refractivity contribution in [3.05, 3.63) is 47.3 Å². The summed E-state index contributed by atoms with van der Waals surface area (Å²) in [4.78, 5) is 25.6. The van der Waals surface area contributed by atoms with Gasteiger partial charge in [-0.25, -0.2) is 9.78 Å². The minimum Gasteiger partial charge on any atom is -0.309 e. The van der Waals surface area contributed by atoms with E-state index in [0.29, 0.717) is 12.2 Å². The summed E-state index contributed by atoms with van der Waals surface area (Å²) in [5.74, 6) is 0. The first-order chi connectivity index (χ1) is 10.6. The van der Waals surface area contributed by atoms with Crippen molar-refractivity contribution in [2.24, 2.45) is 0 Å². The van der Waals surface area contributed by atoms with Gasteiger partial charge in [0.25, 0.3) is 0 Å². The van der Waals surface area contributed by atoms with Crippen LogP contribution >= 0.6 is 0 Å². The third-order valence-electron chi connectivity index (χ3n) is 3.61. The Labute approximate surface area is 128 Å². The second-order valence-electron chi connectivity index (χ2n) is 5.57. The lowest BCUT2D eigenvalue weighted by Crippen LogP contribution is -2.21. The van der Waals surface area contributed by atoms with Crippen LogP contribution in [0.5, 0.6) is 0 Å². The molecule has 0 saturated carbocycles. The lowest BCUT2D eigenvalue weighted by Gasteiger charge is -2.09. The summed E-state index contributed by atoms with van der Waals surface area (Å²) < 4.78 is 1.70. The molecule has 0 atom stereocenters. The standard InChI is InChI=1S/C16H19N5O/c1-20(2)8-3-9-21-15-14(19-16(21)22)10-13(11-18-15)12-4-6-17-7-5-12/h4-7,10-11H,3,8-9H2,1-2H3,(H,19,22). The van der Waals surface area contributed by atoms with E-state index in [1.165, 1.54) is 0 Å². The summed E-state index contributed by atoms with van der Waals surface area (Å²) in [5, 5.41) is 0. The van der Waals surface area contributed by atoms with Gasteiger partial charge in [-0.15, -0.1) is 0 Å². The number of imidazole rings is 1. The molecule has 22 heavy (non-hydrogen) atoms. The van der Waals surface area contributed by atoms with Crippen LogP contribution in [0.25, 0.3) is 22.3 Å². The number of H-pyrrole nitrogens is 1. The average molecular weight is 297 g/mol. The maximum absolute atomic E-state index is 12.1. The summed E-state index contributed by atoms with van der Waals surface area (Å²) in [6.45, 7) is 1.60. The topological polar surface area (TPSA) is 66.8 Å². The van der Waals surface area contributed by atoms with Gasteiger partial charge in [0.1, 0.15) is 0 Å². The van der Waals surface area contributed by atoms with Crippen LogP contribution in [0.15, 0.2) is 41.6 Å². The fourth-order valence-corrected chi connectivity index (χ4v) is 2.50. The zero-order valence-electron chi connectivity index (χ0n) is 12.8. The number of hydrogen-bond acceptors (Lipinski definition) is 4. The molecule has 3 rings (SSSR count). The van der Waals surface area contributed by atoms with Crippen molar-refractivity contribution < 1.29 is 0 Å². The van der Waals surface area contributed by atoms with E-state index in [2.05, 4.69) is 19.9 Å². The molecular weight excluding hydrogens is 278 g/mol. The van der Waals surface area contributed by atoms with Gasteiger partial charge in [0.05, 0.1) is 5.52 Å². The van der Waals surface area contributed by atoms with E-state index < -0.39 is 0 Å². The molecule has 6 nitrogen and oxygen atoms in total. The van der Waals surface area contributed by atoms with Crippen molar-refractivity contribution >= 4 is 11.2 Å².